The third kappa shape index (κ3) is 2.76. The molecule has 3 heterocycles. The zero-order valence-corrected chi connectivity index (χ0v) is 11.8. The third-order valence-electron chi connectivity index (χ3n) is 3.64. The number of nitrogens with one attached hydrogen (secondary N) is 1. The fraction of sp³-hybridized carbons (Fsp3) is 0.615. The van der Waals surface area contributed by atoms with E-state index in [1.165, 1.54) is 12.2 Å². The first-order chi connectivity index (χ1) is 8.76. The summed E-state index contributed by atoms with van der Waals surface area (Å²) in [5.74, 6) is 3.28. The summed E-state index contributed by atoms with van der Waals surface area (Å²) < 4.78 is 6.01. The summed E-state index contributed by atoms with van der Waals surface area (Å²) in [6.45, 7) is 0.853. The van der Waals surface area contributed by atoms with Gasteiger partial charge in [-0.3, -0.25) is 0 Å². The fourth-order valence-corrected chi connectivity index (χ4v) is 4.17. The molecule has 2 atom stereocenters. The lowest BCUT2D eigenvalue weighted by atomic mass is 9.90. The number of nitrogens with zero attached hydrogens (tertiary/aromatic N) is 1. The van der Waals surface area contributed by atoms with Gasteiger partial charge >= 0.3 is 0 Å². The highest BCUT2D eigenvalue weighted by molar-refractivity contribution is 7.99. The molecular formula is C13H17ClN2OS. The van der Waals surface area contributed by atoms with E-state index in [-0.39, 0.29) is 5.60 Å². The summed E-state index contributed by atoms with van der Waals surface area (Å²) >= 11 is 7.84. The minimum absolute atomic E-state index is 0.118. The second-order valence-electron chi connectivity index (χ2n) is 5.03. The molecule has 3 nitrogen and oxygen atoms in total. The van der Waals surface area contributed by atoms with E-state index >= 15 is 0 Å². The maximum atomic E-state index is 6.01. The van der Waals surface area contributed by atoms with E-state index in [0.29, 0.717) is 11.1 Å². The van der Waals surface area contributed by atoms with Crippen molar-refractivity contribution in [2.75, 3.05) is 23.4 Å². The van der Waals surface area contributed by atoms with Crippen LogP contribution in [0.2, 0.25) is 5.02 Å². The average molecular weight is 285 g/mol. The van der Waals surface area contributed by atoms with E-state index in [0.717, 1.165) is 31.0 Å². The van der Waals surface area contributed by atoms with Gasteiger partial charge in [0.2, 0.25) is 0 Å². The number of aromatic nitrogens is 1. The van der Waals surface area contributed by atoms with E-state index in [4.69, 9.17) is 16.3 Å². The van der Waals surface area contributed by atoms with Crippen LogP contribution >= 0.6 is 23.4 Å². The van der Waals surface area contributed by atoms with Crippen LogP contribution in [-0.2, 0) is 4.74 Å². The zero-order valence-electron chi connectivity index (χ0n) is 10.2. The molecule has 1 aromatic heterocycles. The van der Waals surface area contributed by atoms with Crippen molar-refractivity contribution in [2.24, 2.45) is 0 Å². The van der Waals surface area contributed by atoms with Gasteiger partial charge < -0.3 is 10.1 Å². The van der Waals surface area contributed by atoms with Gasteiger partial charge in [-0.2, -0.15) is 11.8 Å². The van der Waals surface area contributed by atoms with E-state index in [1.807, 2.05) is 23.9 Å². The Hall–Kier alpha value is -0.450. The molecule has 1 aromatic rings. The average Bonchev–Trinajstić information content (AvgIpc) is 2.80. The van der Waals surface area contributed by atoms with Crippen molar-refractivity contribution in [1.82, 2.24) is 4.98 Å². The smallest absolute Gasteiger partial charge is 0.126 e. The van der Waals surface area contributed by atoms with Crippen LogP contribution in [0, 0.1) is 0 Å². The molecule has 0 bridgehead atoms. The quantitative estimate of drug-likeness (QED) is 0.904. The van der Waals surface area contributed by atoms with Gasteiger partial charge in [0, 0.05) is 24.6 Å². The monoisotopic (exact) mass is 284 g/mol. The molecule has 18 heavy (non-hydrogen) atoms. The van der Waals surface area contributed by atoms with Gasteiger partial charge in [-0.15, -0.1) is 0 Å². The molecule has 2 saturated heterocycles. The lowest BCUT2D eigenvalue weighted by Gasteiger charge is -2.38. The molecule has 0 amide bonds. The van der Waals surface area contributed by atoms with Gasteiger partial charge in [0.25, 0.3) is 0 Å². The summed E-state index contributed by atoms with van der Waals surface area (Å²) in [5, 5.41) is 4.18. The number of hydrogen-bond donors (Lipinski definition) is 1. The highest BCUT2D eigenvalue weighted by Crippen LogP contribution is 2.38. The molecule has 2 aliphatic rings. The van der Waals surface area contributed by atoms with Crippen LogP contribution in [0.5, 0.6) is 0 Å². The Morgan fingerprint density at radius 3 is 3.17 bits per heavy atom. The first kappa shape index (κ1) is 12.6. The molecule has 3 rings (SSSR count). The van der Waals surface area contributed by atoms with Gasteiger partial charge in [0.1, 0.15) is 5.82 Å². The molecule has 0 aliphatic carbocycles. The molecule has 2 fully saturated rings. The molecule has 0 aromatic carbocycles. The third-order valence-corrected chi connectivity index (χ3v) is 5.09. The lowest BCUT2D eigenvalue weighted by molar-refractivity contribution is -0.0628. The Labute approximate surface area is 117 Å². The van der Waals surface area contributed by atoms with Crippen molar-refractivity contribution in [2.45, 2.75) is 30.9 Å². The molecule has 1 N–H and O–H groups in total. The van der Waals surface area contributed by atoms with E-state index < -0.39 is 0 Å². The van der Waals surface area contributed by atoms with Crippen LogP contribution in [0.4, 0.5) is 5.82 Å². The van der Waals surface area contributed by atoms with Crippen LogP contribution in [0.1, 0.15) is 19.3 Å². The van der Waals surface area contributed by atoms with Gasteiger partial charge in [0.15, 0.2) is 0 Å². The highest BCUT2D eigenvalue weighted by Gasteiger charge is 2.40. The van der Waals surface area contributed by atoms with E-state index in [9.17, 15) is 0 Å². The van der Waals surface area contributed by atoms with Crippen LogP contribution in [0.15, 0.2) is 18.3 Å². The standard InChI is InChI=1S/C13H17ClN2OS/c14-10-1-2-12(15-8-10)16-11-3-5-17-13(7-11)4-6-18-9-13/h1-2,8,11H,3-7,9H2,(H,15,16). The molecule has 2 unspecified atom stereocenters. The van der Waals surface area contributed by atoms with Gasteiger partial charge in [0.05, 0.1) is 10.6 Å². The molecule has 1 spiro atoms. The minimum Gasteiger partial charge on any atom is -0.374 e. The molecule has 5 heteroatoms. The molecular weight excluding hydrogens is 268 g/mol. The number of thioether (sulfide) groups is 1. The van der Waals surface area contributed by atoms with Crippen LogP contribution in [-0.4, -0.2) is 34.7 Å². The number of pyridine rings is 1. The topological polar surface area (TPSA) is 34.1 Å². The summed E-state index contributed by atoms with van der Waals surface area (Å²) in [6, 6.07) is 4.27. The predicted molar refractivity (Wildman–Crippen MR) is 76.5 cm³/mol. The lowest BCUT2D eigenvalue weighted by Crippen LogP contribution is -2.44. The van der Waals surface area contributed by atoms with Crippen molar-refractivity contribution < 1.29 is 4.74 Å². The summed E-state index contributed by atoms with van der Waals surface area (Å²) in [5.41, 5.74) is 0.118. The molecule has 0 saturated carbocycles. The zero-order chi connectivity index (χ0) is 12.4. The van der Waals surface area contributed by atoms with Crippen LogP contribution in [0.3, 0.4) is 0 Å². The fourth-order valence-electron chi connectivity index (χ4n) is 2.68. The van der Waals surface area contributed by atoms with Crippen molar-refractivity contribution in [3.05, 3.63) is 23.4 Å². The second-order valence-corrected chi connectivity index (χ2v) is 6.57. The Morgan fingerprint density at radius 2 is 2.44 bits per heavy atom. The maximum Gasteiger partial charge on any atom is 0.126 e. The van der Waals surface area contributed by atoms with E-state index in [2.05, 4.69) is 10.3 Å². The number of rotatable bonds is 2. The Balaban J connectivity index is 1.64. The predicted octanol–water partition coefficient (Wildman–Crippen LogP) is 3.20. The summed E-state index contributed by atoms with van der Waals surface area (Å²) in [4.78, 5) is 4.30. The minimum atomic E-state index is 0.118. The van der Waals surface area contributed by atoms with Crippen molar-refractivity contribution in [3.8, 4) is 0 Å². The van der Waals surface area contributed by atoms with Gasteiger partial charge in [-0.25, -0.2) is 4.98 Å². The van der Waals surface area contributed by atoms with Crippen molar-refractivity contribution >= 4 is 29.2 Å². The molecule has 2 aliphatic heterocycles. The normalized spacial score (nSPS) is 31.7. The molecule has 0 radical (unpaired) electrons. The molecule has 98 valence electrons. The summed E-state index contributed by atoms with van der Waals surface area (Å²) in [6.07, 6.45) is 5.01. The second kappa shape index (κ2) is 5.27. The summed E-state index contributed by atoms with van der Waals surface area (Å²) in [7, 11) is 0. The van der Waals surface area contributed by atoms with Crippen molar-refractivity contribution in [1.29, 1.82) is 0 Å². The Bertz CT molecular complexity index is 406. The van der Waals surface area contributed by atoms with Gasteiger partial charge in [-0.05, 0) is 37.1 Å². The maximum absolute atomic E-state index is 6.01. The number of halogens is 1. The SMILES string of the molecule is Clc1ccc(NC2CCOC3(CCSC3)C2)nc1. The Morgan fingerprint density at radius 1 is 1.50 bits per heavy atom. The highest BCUT2D eigenvalue weighted by atomic mass is 35.5. The van der Waals surface area contributed by atoms with Gasteiger partial charge in [-0.1, -0.05) is 11.6 Å². The largest absolute Gasteiger partial charge is 0.374 e. The van der Waals surface area contributed by atoms with Crippen LogP contribution in [0.25, 0.3) is 0 Å². The number of anilines is 1. The van der Waals surface area contributed by atoms with Crippen molar-refractivity contribution in [3.63, 3.8) is 0 Å². The van der Waals surface area contributed by atoms with E-state index in [1.54, 1.807) is 6.20 Å². The van der Waals surface area contributed by atoms with Crippen LogP contribution < -0.4 is 5.32 Å². The number of hydrogen-bond acceptors (Lipinski definition) is 4. The Kier molecular flexibility index (Phi) is 3.68. The number of ether oxygens (including phenoxy) is 1. The first-order valence-electron chi connectivity index (χ1n) is 6.36. The first-order valence-corrected chi connectivity index (χ1v) is 7.89.